The summed E-state index contributed by atoms with van der Waals surface area (Å²) in [6, 6.07) is 0. The lowest BCUT2D eigenvalue weighted by atomic mass is 10.0. The summed E-state index contributed by atoms with van der Waals surface area (Å²) in [6.07, 6.45) is 0.920. The maximum atomic E-state index is 11.6. The number of hydrogen-bond acceptors (Lipinski definition) is 4. The van der Waals surface area contributed by atoms with Crippen molar-refractivity contribution < 1.29 is 9.90 Å². The molecule has 0 radical (unpaired) electrons. The van der Waals surface area contributed by atoms with Gasteiger partial charge in [0.05, 0.1) is 24.8 Å². The Balaban J connectivity index is 2.10. The number of carbonyl (C=O) groups excluding carboxylic acids is 1. The maximum absolute atomic E-state index is 11.6. The molecule has 5 heteroatoms. The molecule has 1 fully saturated rings. The third-order valence-electron chi connectivity index (χ3n) is 2.30. The molecular formula is C8H12N2O2S. The molecule has 0 aliphatic carbocycles. The zero-order valence-electron chi connectivity index (χ0n) is 7.27. The van der Waals surface area contributed by atoms with E-state index < -0.39 is 0 Å². The van der Waals surface area contributed by atoms with E-state index in [0.717, 1.165) is 23.6 Å². The molecule has 1 saturated heterocycles. The van der Waals surface area contributed by atoms with E-state index in [4.69, 9.17) is 5.11 Å². The van der Waals surface area contributed by atoms with Crippen LogP contribution in [0.3, 0.4) is 0 Å². The van der Waals surface area contributed by atoms with E-state index in [9.17, 15) is 4.79 Å². The van der Waals surface area contributed by atoms with Gasteiger partial charge in [0, 0.05) is 5.75 Å². The van der Waals surface area contributed by atoms with Gasteiger partial charge in [-0.15, -0.1) is 0 Å². The first-order chi connectivity index (χ1) is 6.33. The van der Waals surface area contributed by atoms with Gasteiger partial charge in [0.25, 0.3) is 5.91 Å². The summed E-state index contributed by atoms with van der Waals surface area (Å²) < 4.78 is 0. The van der Waals surface area contributed by atoms with Crippen LogP contribution in [0.2, 0.25) is 0 Å². The number of β-amino-alcohol motifs (C(OH)–C–C–N with tert-alkyl or cyclic N) is 1. The number of fused-ring (bicyclic) bond motifs is 1. The highest BCUT2D eigenvalue weighted by Crippen LogP contribution is 2.27. The molecule has 2 aliphatic rings. The van der Waals surface area contributed by atoms with E-state index in [1.807, 2.05) is 0 Å². The van der Waals surface area contributed by atoms with E-state index in [2.05, 4.69) is 5.10 Å². The van der Waals surface area contributed by atoms with Crippen molar-refractivity contribution >= 4 is 23.4 Å². The zero-order chi connectivity index (χ0) is 9.26. The van der Waals surface area contributed by atoms with Gasteiger partial charge >= 0.3 is 0 Å². The number of hydrazone groups is 1. The van der Waals surface area contributed by atoms with Gasteiger partial charge in [-0.1, -0.05) is 0 Å². The lowest BCUT2D eigenvalue weighted by Crippen LogP contribution is -2.32. The summed E-state index contributed by atoms with van der Waals surface area (Å²) >= 11 is 1.80. The van der Waals surface area contributed by atoms with Crippen molar-refractivity contribution in [1.82, 2.24) is 5.01 Å². The Morgan fingerprint density at radius 3 is 3.23 bits per heavy atom. The third-order valence-corrected chi connectivity index (χ3v) is 3.36. The Bertz CT molecular complexity index is 255. The molecule has 2 aliphatic heterocycles. The second-order valence-corrected chi connectivity index (χ2v) is 4.30. The molecule has 0 aromatic rings. The minimum atomic E-state index is -0.0115. The molecule has 1 amide bonds. The lowest BCUT2D eigenvalue weighted by molar-refractivity contribution is -0.131. The molecule has 1 unspecified atom stereocenters. The predicted octanol–water partition coefficient (Wildman–Crippen LogP) is -0.0700. The Morgan fingerprint density at radius 1 is 1.69 bits per heavy atom. The molecule has 1 atom stereocenters. The molecule has 0 aromatic heterocycles. The highest BCUT2D eigenvalue weighted by atomic mass is 32.2. The van der Waals surface area contributed by atoms with Crippen molar-refractivity contribution in [2.45, 2.75) is 6.42 Å². The Kier molecular flexibility index (Phi) is 2.55. The van der Waals surface area contributed by atoms with Crippen molar-refractivity contribution in [2.75, 3.05) is 24.7 Å². The minimum absolute atomic E-state index is 0.00491. The second-order valence-electron chi connectivity index (χ2n) is 3.15. The smallest absolute Gasteiger partial charge is 0.252 e. The predicted molar refractivity (Wildman–Crippen MR) is 51.7 cm³/mol. The number of rotatable bonds is 2. The Labute approximate surface area is 81.0 Å². The minimum Gasteiger partial charge on any atom is -0.394 e. The number of hydrogen-bond donors (Lipinski definition) is 1. The molecule has 72 valence electrons. The standard InChI is InChI=1S/C8H12N2O2S/c11-3-2-10-8(12)6-5-13-4-1-7(6)9-10/h6,11H,1-5H2. The zero-order valence-corrected chi connectivity index (χ0v) is 8.09. The lowest BCUT2D eigenvalue weighted by Gasteiger charge is -2.16. The van der Waals surface area contributed by atoms with Crippen LogP contribution in [0, 0.1) is 5.92 Å². The molecular weight excluding hydrogens is 188 g/mol. The molecule has 0 aromatic carbocycles. The summed E-state index contributed by atoms with van der Waals surface area (Å²) in [6.45, 7) is 0.325. The first kappa shape index (κ1) is 9.02. The van der Waals surface area contributed by atoms with Crippen molar-refractivity contribution in [3.05, 3.63) is 0 Å². The van der Waals surface area contributed by atoms with Gasteiger partial charge in [0.15, 0.2) is 0 Å². The number of aliphatic hydroxyl groups excluding tert-OH is 1. The van der Waals surface area contributed by atoms with Gasteiger partial charge in [-0.2, -0.15) is 16.9 Å². The number of aliphatic hydroxyl groups is 1. The first-order valence-corrected chi connectivity index (χ1v) is 5.55. The summed E-state index contributed by atoms with van der Waals surface area (Å²) in [5.74, 6) is 2.00. The topological polar surface area (TPSA) is 52.9 Å². The first-order valence-electron chi connectivity index (χ1n) is 4.40. The van der Waals surface area contributed by atoms with Crippen molar-refractivity contribution in [1.29, 1.82) is 0 Å². The average molecular weight is 200 g/mol. The summed E-state index contributed by atoms with van der Waals surface area (Å²) in [7, 11) is 0. The van der Waals surface area contributed by atoms with Crippen LogP contribution in [0.1, 0.15) is 6.42 Å². The van der Waals surface area contributed by atoms with E-state index in [1.54, 1.807) is 11.8 Å². The molecule has 4 nitrogen and oxygen atoms in total. The fraction of sp³-hybridized carbons (Fsp3) is 0.750. The van der Waals surface area contributed by atoms with Crippen molar-refractivity contribution in [3.8, 4) is 0 Å². The largest absolute Gasteiger partial charge is 0.394 e. The quantitative estimate of drug-likeness (QED) is 0.679. The van der Waals surface area contributed by atoms with Crippen LogP contribution in [-0.4, -0.2) is 46.4 Å². The van der Waals surface area contributed by atoms with Crippen molar-refractivity contribution in [2.24, 2.45) is 11.0 Å². The Morgan fingerprint density at radius 2 is 2.54 bits per heavy atom. The number of amides is 1. The SMILES string of the molecule is O=C1C2CSCCC2=NN1CCO. The van der Waals surface area contributed by atoms with Crippen LogP contribution in [0.4, 0.5) is 0 Å². The van der Waals surface area contributed by atoms with E-state index in [0.29, 0.717) is 6.54 Å². The monoisotopic (exact) mass is 200 g/mol. The van der Waals surface area contributed by atoms with Crippen LogP contribution >= 0.6 is 11.8 Å². The van der Waals surface area contributed by atoms with Gasteiger partial charge in [-0.25, -0.2) is 5.01 Å². The van der Waals surface area contributed by atoms with Gasteiger partial charge in [0.1, 0.15) is 0 Å². The van der Waals surface area contributed by atoms with Crippen LogP contribution in [0.15, 0.2) is 5.10 Å². The van der Waals surface area contributed by atoms with Gasteiger partial charge in [-0.3, -0.25) is 4.79 Å². The molecule has 0 spiro atoms. The van der Waals surface area contributed by atoms with Gasteiger partial charge in [0.2, 0.25) is 0 Å². The highest BCUT2D eigenvalue weighted by molar-refractivity contribution is 7.99. The second kappa shape index (κ2) is 3.67. The summed E-state index contributed by atoms with van der Waals surface area (Å²) in [5.41, 5.74) is 1.01. The summed E-state index contributed by atoms with van der Waals surface area (Å²) in [5, 5.41) is 14.3. The number of carbonyl (C=O) groups is 1. The van der Waals surface area contributed by atoms with E-state index in [1.165, 1.54) is 5.01 Å². The number of nitrogens with zero attached hydrogens (tertiary/aromatic N) is 2. The molecule has 1 N–H and O–H groups in total. The normalized spacial score (nSPS) is 27.5. The fourth-order valence-corrected chi connectivity index (χ4v) is 2.71. The van der Waals surface area contributed by atoms with E-state index in [-0.39, 0.29) is 18.4 Å². The maximum Gasteiger partial charge on any atom is 0.252 e. The number of thioether (sulfide) groups is 1. The average Bonchev–Trinajstić information content (AvgIpc) is 2.46. The van der Waals surface area contributed by atoms with Gasteiger partial charge < -0.3 is 5.11 Å². The molecule has 2 rings (SSSR count). The van der Waals surface area contributed by atoms with E-state index >= 15 is 0 Å². The van der Waals surface area contributed by atoms with Crippen molar-refractivity contribution in [3.63, 3.8) is 0 Å². The third kappa shape index (κ3) is 1.58. The summed E-state index contributed by atoms with van der Waals surface area (Å²) in [4.78, 5) is 11.6. The molecule has 2 heterocycles. The van der Waals surface area contributed by atoms with Gasteiger partial charge in [-0.05, 0) is 12.2 Å². The van der Waals surface area contributed by atoms with Crippen LogP contribution in [0.5, 0.6) is 0 Å². The fourth-order valence-electron chi connectivity index (χ4n) is 1.62. The molecule has 0 bridgehead atoms. The Hall–Kier alpha value is -0.550. The molecule has 13 heavy (non-hydrogen) atoms. The van der Waals surface area contributed by atoms with Crippen LogP contribution in [0.25, 0.3) is 0 Å². The molecule has 0 saturated carbocycles. The van der Waals surface area contributed by atoms with Crippen LogP contribution < -0.4 is 0 Å². The van der Waals surface area contributed by atoms with Crippen LogP contribution in [-0.2, 0) is 4.79 Å². The highest BCUT2D eigenvalue weighted by Gasteiger charge is 2.36.